The molecule has 0 aliphatic rings. The highest BCUT2D eigenvalue weighted by molar-refractivity contribution is 5.71. The third-order valence-corrected chi connectivity index (χ3v) is 15.9. The van der Waals surface area contributed by atoms with E-state index in [2.05, 4.69) is 106 Å². The van der Waals surface area contributed by atoms with Gasteiger partial charge in [0.05, 0.1) is 0 Å². The minimum atomic E-state index is -0.779. The average molecular weight is 1160 g/mol. The van der Waals surface area contributed by atoms with Crippen molar-refractivity contribution >= 4 is 17.9 Å². The first-order chi connectivity index (χ1) is 41.0. The van der Waals surface area contributed by atoms with Gasteiger partial charge in [-0.15, -0.1) is 0 Å². The molecule has 0 aliphatic heterocycles. The van der Waals surface area contributed by atoms with Gasteiger partial charge in [0.1, 0.15) is 13.2 Å². The molecule has 480 valence electrons. The lowest BCUT2D eigenvalue weighted by Crippen LogP contribution is -2.30. The molecular weight excluding hydrogens is 1020 g/mol. The van der Waals surface area contributed by atoms with Crippen LogP contribution in [0, 0.1) is 0 Å². The summed E-state index contributed by atoms with van der Waals surface area (Å²) in [5.74, 6) is -0.859. The molecule has 83 heavy (non-hydrogen) atoms. The van der Waals surface area contributed by atoms with E-state index in [0.29, 0.717) is 19.3 Å². The molecule has 1 unspecified atom stereocenters. The topological polar surface area (TPSA) is 78.9 Å². The summed E-state index contributed by atoms with van der Waals surface area (Å²) in [6.07, 6.45) is 94.6. The Hall–Kier alpha value is -3.41. The van der Waals surface area contributed by atoms with Crippen molar-refractivity contribution in [1.82, 2.24) is 0 Å². The third kappa shape index (κ3) is 69.3. The minimum Gasteiger partial charge on any atom is -0.462 e. The molecule has 0 aliphatic carbocycles. The second-order valence-electron chi connectivity index (χ2n) is 24.1. The van der Waals surface area contributed by atoms with Gasteiger partial charge in [0.15, 0.2) is 6.10 Å². The number of allylic oxidation sites excluding steroid dienone is 14. The molecule has 0 aromatic carbocycles. The minimum absolute atomic E-state index is 0.0737. The average Bonchev–Trinajstić information content (AvgIpc) is 3.49. The number of hydrogen-bond acceptors (Lipinski definition) is 6. The molecule has 6 heteroatoms. The van der Waals surface area contributed by atoms with Crippen molar-refractivity contribution in [2.75, 3.05) is 13.2 Å². The van der Waals surface area contributed by atoms with E-state index < -0.39 is 6.10 Å². The summed E-state index contributed by atoms with van der Waals surface area (Å²) in [6, 6.07) is 0. The van der Waals surface area contributed by atoms with E-state index in [9.17, 15) is 14.4 Å². The number of ether oxygens (including phenoxy) is 3. The van der Waals surface area contributed by atoms with Gasteiger partial charge < -0.3 is 14.2 Å². The predicted molar refractivity (Wildman–Crippen MR) is 362 cm³/mol. The van der Waals surface area contributed by atoms with E-state index >= 15 is 0 Å². The van der Waals surface area contributed by atoms with Crippen molar-refractivity contribution in [3.8, 4) is 0 Å². The molecule has 0 rings (SSSR count). The van der Waals surface area contributed by atoms with Crippen LogP contribution in [0.3, 0.4) is 0 Å². The smallest absolute Gasteiger partial charge is 0.306 e. The van der Waals surface area contributed by atoms with Crippen LogP contribution in [0.4, 0.5) is 0 Å². The normalized spacial score (nSPS) is 12.6. The van der Waals surface area contributed by atoms with Crippen molar-refractivity contribution in [3.63, 3.8) is 0 Å². The first-order valence-electron chi connectivity index (χ1n) is 36.1. The van der Waals surface area contributed by atoms with Gasteiger partial charge in [0.2, 0.25) is 0 Å². The zero-order valence-electron chi connectivity index (χ0n) is 55.2. The Kier molecular flexibility index (Phi) is 68.2. The Balaban J connectivity index is 4.30. The highest BCUT2D eigenvalue weighted by Crippen LogP contribution is 2.18. The zero-order valence-corrected chi connectivity index (χ0v) is 55.2. The van der Waals surface area contributed by atoms with E-state index in [1.165, 1.54) is 231 Å². The van der Waals surface area contributed by atoms with Crippen molar-refractivity contribution < 1.29 is 28.6 Å². The summed E-state index contributed by atoms with van der Waals surface area (Å²) in [6.45, 7) is 6.58. The molecule has 0 spiro atoms. The van der Waals surface area contributed by atoms with Crippen molar-refractivity contribution in [3.05, 3.63) is 85.1 Å². The van der Waals surface area contributed by atoms with Crippen LogP contribution in [0.5, 0.6) is 0 Å². The monoisotopic (exact) mass is 1160 g/mol. The first-order valence-corrected chi connectivity index (χ1v) is 36.1. The largest absolute Gasteiger partial charge is 0.462 e. The fraction of sp³-hybridized carbons (Fsp3) is 0.779. The van der Waals surface area contributed by atoms with Crippen molar-refractivity contribution in [2.24, 2.45) is 0 Å². The summed E-state index contributed by atoms with van der Waals surface area (Å²) in [5.41, 5.74) is 0. The highest BCUT2D eigenvalue weighted by atomic mass is 16.6. The predicted octanol–water partition coefficient (Wildman–Crippen LogP) is 25.0. The highest BCUT2D eigenvalue weighted by Gasteiger charge is 2.19. The standard InChI is InChI=1S/C77H136O6/c1-4-7-10-13-16-19-22-25-28-30-32-34-35-36-37-38-39-40-41-43-44-46-49-52-55-58-61-64-67-70-76(79)82-73-74(72-81-75(78)69-66-63-60-57-54-51-48-27-24-21-18-15-12-9-6-3)83-77(80)71-68-65-62-59-56-53-50-47-45-42-33-31-29-26-23-20-17-14-11-8-5-2/h7,10,16,19,25,28,31-34,36-37,39-40,74H,4-6,8-9,11-15,17-18,20-24,26-27,29-30,35,38,41-73H2,1-3H3/b10-7-,19-16-,28-25-,33-31-,34-32-,37-36-,40-39-. The lowest BCUT2D eigenvalue weighted by Gasteiger charge is -2.18. The number of rotatable bonds is 66. The Morgan fingerprint density at radius 2 is 0.470 bits per heavy atom. The summed E-state index contributed by atoms with van der Waals surface area (Å²) < 4.78 is 17.0. The molecule has 1 atom stereocenters. The van der Waals surface area contributed by atoms with Crippen LogP contribution in [0.25, 0.3) is 0 Å². The van der Waals surface area contributed by atoms with Crippen LogP contribution >= 0.6 is 0 Å². The van der Waals surface area contributed by atoms with Crippen LogP contribution in [0.1, 0.15) is 367 Å². The number of hydrogen-bond donors (Lipinski definition) is 0. The van der Waals surface area contributed by atoms with Gasteiger partial charge in [-0.25, -0.2) is 0 Å². The zero-order chi connectivity index (χ0) is 59.9. The number of carbonyl (C=O) groups is 3. The number of esters is 3. The summed E-state index contributed by atoms with van der Waals surface area (Å²) in [7, 11) is 0. The Labute approximate surface area is 515 Å². The fourth-order valence-corrected chi connectivity index (χ4v) is 10.5. The van der Waals surface area contributed by atoms with Crippen LogP contribution < -0.4 is 0 Å². The van der Waals surface area contributed by atoms with Gasteiger partial charge >= 0.3 is 17.9 Å². The molecule has 0 saturated heterocycles. The van der Waals surface area contributed by atoms with Crippen molar-refractivity contribution in [1.29, 1.82) is 0 Å². The molecule has 0 aromatic heterocycles. The van der Waals surface area contributed by atoms with Gasteiger partial charge in [-0.3, -0.25) is 14.4 Å². The quantitative estimate of drug-likeness (QED) is 0.0261. The molecule has 0 heterocycles. The van der Waals surface area contributed by atoms with E-state index in [-0.39, 0.29) is 31.1 Å². The summed E-state index contributed by atoms with van der Waals surface area (Å²) in [4.78, 5) is 38.5. The summed E-state index contributed by atoms with van der Waals surface area (Å²) in [5, 5.41) is 0. The maximum absolute atomic E-state index is 13.0. The summed E-state index contributed by atoms with van der Waals surface area (Å²) >= 11 is 0. The lowest BCUT2D eigenvalue weighted by molar-refractivity contribution is -0.167. The molecular formula is C77H136O6. The van der Waals surface area contributed by atoms with E-state index in [4.69, 9.17) is 14.2 Å². The SMILES string of the molecule is CC/C=C\C/C=C\C/C=C\C/C=C\C/C=C\C/C=C\CCCCCCCCCCCCC(=O)OCC(COC(=O)CCCCCCCCCCCCCCCCC)OC(=O)CCCCCCCCCCC/C=C\CCCCCCCCCC. The van der Waals surface area contributed by atoms with Crippen LogP contribution in [0.2, 0.25) is 0 Å². The third-order valence-electron chi connectivity index (χ3n) is 15.9. The van der Waals surface area contributed by atoms with Gasteiger partial charge in [-0.2, -0.15) is 0 Å². The first kappa shape index (κ1) is 79.6. The van der Waals surface area contributed by atoms with Crippen LogP contribution in [-0.2, 0) is 28.6 Å². The van der Waals surface area contributed by atoms with E-state index in [1.807, 2.05) is 0 Å². The lowest BCUT2D eigenvalue weighted by atomic mass is 10.0. The number of unbranched alkanes of at least 4 members (excludes halogenated alkanes) is 41. The molecule has 0 amide bonds. The molecule has 0 fully saturated rings. The fourth-order valence-electron chi connectivity index (χ4n) is 10.5. The maximum atomic E-state index is 13.0. The molecule has 0 saturated carbocycles. The molecule has 0 bridgehead atoms. The Morgan fingerprint density at radius 1 is 0.253 bits per heavy atom. The van der Waals surface area contributed by atoms with E-state index in [0.717, 1.165) is 96.3 Å². The van der Waals surface area contributed by atoms with Crippen LogP contribution in [0.15, 0.2) is 85.1 Å². The second-order valence-corrected chi connectivity index (χ2v) is 24.1. The van der Waals surface area contributed by atoms with Crippen LogP contribution in [-0.4, -0.2) is 37.2 Å². The Morgan fingerprint density at radius 3 is 0.747 bits per heavy atom. The molecule has 0 aromatic rings. The second kappa shape index (κ2) is 71.1. The van der Waals surface area contributed by atoms with Gasteiger partial charge in [0.25, 0.3) is 0 Å². The molecule has 0 radical (unpaired) electrons. The molecule has 0 N–H and O–H groups in total. The van der Waals surface area contributed by atoms with Gasteiger partial charge in [-0.1, -0.05) is 337 Å². The Bertz CT molecular complexity index is 1570. The van der Waals surface area contributed by atoms with E-state index in [1.54, 1.807) is 0 Å². The van der Waals surface area contributed by atoms with Crippen molar-refractivity contribution in [2.45, 2.75) is 374 Å². The van der Waals surface area contributed by atoms with Gasteiger partial charge in [0, 0.05) is 19.3 Å². The molecule has 6 nitrogen and oxygen atoms in total. The van der Waals surface area contributed by atoms with Gasteiger partial charge in [-0.05, 0) is 96.3 Å². The maximum Gasteiger partial charge on any atom is 0.306 e. The number of carbonyl (C=O) groups excluding carboxylic acids is 3.